The van der Waals surface area contributed by atoms with Crippen LogP contribution in [0.25, 0.3) is 33.3 Å². The normalized spacial score (nSPS) is 24.8. The smallest absolute Gasteiger partial charge is 0.324 e. The summed E-state index contributed by atoms with van der Waals surface area (Å²) in [5.74, 6) is -1.75. The van der Waals surface area contributed by atoms with Crippen molar-refractivity contribution in [3.05, 3.63) is 83.7 Å². The molecule has 9 rings (SSSR count). The number of fused-ring (bicyclic) bond motifs is 6. The lowest BCUT2D eigenvalue weighted by Crippen LogP contribution is -2.62. The zero-order chi connectivity index (χ0) is 48.9. The van der Waals surface area contributed by atoms with Crippen LogP contribution in [0.1, 0.15) is 89.6 Å². The number of pyridine rings is 1. The van der Waals surface area contributed by atoms with E-state index in [1.807, 2.05) is 25.1 Å². The first-order chi connectivity index (χ1) is 33.0. The van der Waals surface area contributed by atoms with Gasteiger partial charge in [-0.3, -0.25) is 34.0 Å². The number of amides is 4. The number of benzene rings is 2. The Labute approximate surface area is 403 Å². The highest BCUT2D eigenvalue weighted by Gasteiger charge is 2.53. The number of nitrogens with zero attached hydrogens (tertiary/aromatic N) is 5. The van der Waals surface area contributed by atoms with E-state index >= 15 is 0 Å². The number of likely N-dealkylation sites (tertiary alicyclic amines) is 2. The summed E-state index contributed by atoms with van der Waals surface area (Å²) in [4.78, 5) is 79.3. The van der Waals surface area contributed by atoms with Crippen molar-refractivity contribution < 1.29 is 38.6 Å². The fourth-order valence-corrected chi connectivity index (χ4v) is 11.2. The Hall–Kier alpha value is -6.10. The lowest BCUT2D eigenvalue weighted by molar-refractivity contribution is -0.155. The molecule has 2 aromatic heterocycles. The Kier molecular flexibility index (Phi) is 13.2. The maximum absolute atomic E-state index is 14.8. The molecule has 0 aliphatic carbocycles. The van der Waals surface area contributed by atoms with Crippen LogP contribution in [0.3, 0.4) is 0 Å². The highest BCUT2D eigenvalue weighted by atomic mass is 16.5. The van der Waals surface area contributed by atoms with Crippen LogP contribution >= 0.6 is 0 Å². The van der Waals surface area contributed by atoms with Crippen molar-refractivity contribution in [2.24, 2.45) is 10.8 Å². The Morgan fingerprint density at radius 1 is 1.06 bits per heavy atom. The number of rotatable bonds is 9. The third-order valence-corrected chi connectivity index (χ3v) is 14.8. The zero-order valence-corrected chi connectivity index (χ0v) is 40.7. The summed E-state index contributed by atoms with van der Waals surface area (Å²) in [6.07, 6.45) is 4.72. The number of ether oxygens (including phenoxy) is 2. The minimum atomic E-state index is -1.19. The van der Waals surface area contributed by atoms with E-state index in [0.29, 0.717) is 87.9 Å². The molecule has 4 aromatic rings. The van der Waals surface area contributed by atoms with Gasteiger partial charge in [0.15, 0.2) is 0 Å². The van der Waals surface area contributed by atoms with E-state index in [0.717, 1.165) is 39.0 Å². The molecule has 7 heterocycles. The SMILES string of the molecule is C=C(C)[C@@H](C(=O)N[C@H]1Cc2cc(O)cc(c2)-c2ccc3c(c2)c(c(-c2cccnc2[C@H](C)OC)n3CC)CC(C)(C)COC(=O)[C@@H]2CCCN(N2)C1=O)N1CC[C@@]2(CCCN(C(=O)[C@@H]3CN3)C2)C1=O. The number of carbonyl (C=O) groups excluding carboxylic acids is 5. The molecule has 4 amide bonds. The molecular formula is C53H66N8O8. The van der Waals surface area contributed by atoms with Gasteiger partial charge in [-0.05, 0) is 124 Å². The minimum absolute atomic E-state index is 0.00207. The van der Waals surface area contributed by atoms with Gasteiger partial charge >= 0.3 is 5.97 Å². The molecule has 2 aromatic carbocycles. The van der Waals surface area contributed by atoms with Gasteiger partial charge in [0.1, 0.15) is 23.9 Å². The molecule has 0 saturated carbocycles. The van der Waals surface area contributed by atoms with Crippen molar-refractivity contribution in [1.29, 1.82) is 0 Å². The molecule has 6 bridgehead atoms. The summed E-state index contributed by atoms with van der Waals surface area (Å²) >= 11 is 0. The van der Waals surface area contributed by atoms with Gasteiger partial charge in [0.25, 0.3) is 5.91 Å². The first kappa shape index (κ1) is 47.9. The van der Waals surface area contributed by atoms with E-state index in [4.69, 9.17) is 14.5 Å². The second-order valence-electron chi connectivity index (χ2n) is 20.6. The van der Waals surface area contributed by atoms with Gasteiger partial charge in [-0.2, -0.15) is 0 Å². The highest BCUT2D eigenvalue weighted by Crippen LogP contribution is 2.44. The monoisotopic (exact) mass is 943 g/mol. The number of aryl methyl sites for hydroxylation is 1. The minimum Gasteiger partial charge on any atom is -0.508 e. The number of esters is 1. The molecule has 16 heteroatoms. The summed E-state index contributed by atoms with van der Waals surface area (Å²) < 4.78 is 14.2. The number of cyclic esters (lactones) is 1. The van der Waals surface area contributed by atoms with Crippen LogP contribution in [0.15, 0.2) is 66.9 Å². The summed E-state index contributed by atoms with van der Waals surface area (Å²) in [7, 11) is 1.67. The van der Waals surface area contributed by atoms with Gasteiger partial charge in [-0.25, -0.2) is 5.43 Å². The molecule has 4 fully saturated rings. The Balaban J connectivity index is 1.10. The van der Waals surface area contributed by atoms with Gasteiger partial charge in [0, 0.05) is 80.9 Å². The number of aromatic nitrogens is 2. The van der Waals surface area contributed by atoms with Crippen molar-refractivity contribution in [3.63, 3.8) is 0 Å². The Morgan fingerprint density at radius 3 is 2.59 bits per heavy atom. The number of aromatic hydroxyl groups is 1. The molecule has 4 N–H and O–H groups in total. The largest absolute Gasteiger partial charge is 0.508 e. The molecule has 69 heavy (non-hydrogen) atoms. The summed E-state index contributed by atoms with van der Waals surface area (Å²) in [6, 6.07) is 12.2. The van der Waals surface area contributed by atoms with E-state index in [1.165, 1.54) is 5.01 Å². The van der Waals surface area contributed by atoms with Crippen molar-refractivity contribution in [2.45, 2.75) is 116 Å². The number of hydrogen-bond donors (Lipinski definition) is 4. The van der Waals surface area contributed by atoms with E-state index < -0.39 is 46.7 Å². The van der Waals surface area contributed by atoms with Crippen LogP contribution in [0.4, 0.5) is 0 Å². The van der Waals surface area contributed by atoms with Crippen LogP contribution in [-0.4, -0.2) is 130 Å². The molecule has 0 radical (unpaired) electrons. The van der Waals surface area contributed by atoms with Gasteiger partial charge < -0.3 is 39.6 Å². The number of methoxy groups -OCH3 is 1. The molecule has 1 spiro atoms. The van der Waals surface area contributed by atoms with Crippen LogP contribution in [0.2, 0.25) is 0 Å². The summed E-state index contributed by atoms with van der Waals surface area (Å²) in [6.45, 7) is 16.9. The number of phenols is 1. The Bertz CT molecular complexity index is 2710. The maximum Gasteiger partial charge on any atom is 0.324 e. The van der Waals surface area contributed by atoms with Crippen LogP contribution < -0.4 is 16.1 Å². The molecule has 0 unspecified atom stereocenters. The van der Waals surface area contributed by atoms with E-state index in [1.54, 1.807) is 42.2 Å². The second kappa shape index (κ2) is 19.0. The predicted octanol–water partition coefficient (Wildman–Crippen LogP) is 5.21. The van der Waals surface area contributed by atoms with Gasteiger partial charge in [-0.15, -0.1) is 0 Å². The number of piperidine rings is 1. The zero-order valence-electron chi connectivity index (χ0n) is 40.7. The molecule has 5 aliphatic heterocycles. The molecule has 6 atom stereocenters. The first-order valence-corrected chi connectivity index (χ1v) is 24.5. The first-order valence-electron chi connectivity index (χ1n) is 24.5. The molecular weight excluding hydrogens is 877 g/mol. The highest BCUT2D eigenvalue weighted by molar-refractivity contribution is 5.97. The summed E-state index contributed by atoms with van der Waals surface area (Å²) in [5, 5.41) is 19.9. The number of phenolic OH excluding ortho intramolecular Hbond substituents is 1. The van der Waals surface area contributed by atoms with Crippen molar-refractivity contribution in [1.82, 2.24) is 40.4 Å². The van der Waals surface area contributed by atoms with Gasteiger partial charge in [-0.1, -0.05) is 32.6 Å². The third kappa shape index (κ3) is 9.38. The third-order valence-electron chi connectivity index (χ3n) is 14.8. The van der Waals surface area contributed by atoms with Crippen LogP contribution in [0.5, 0.6) is 5.75 Å². The maximum atomic E-state index is 14.8. The van der Waals surface area contributed by atoms with E-state index in [9.17, 15) is 29.1 Å². The van der Waals surface area contributed by atoms with E-state index in [2.05, 4.69) is 66.2 Å². The van der Waals surface area contributed by atoms with Gasteiger partial charge in [0.05, 0.1) is 35.6 Å². The molecule has 366 valence electrons. The second-order valence-corrected chi connectivity index (χ2v) is 20.6. The standard InChI is InChI=1S/C53H66N8O8/c1-8-59-43-15-14-34-26-38(43)39(46(59)37-12-9-18-54-44(37)32(4)68-7)27-52(5,6)30-69-50(66)40-13-10-20-61(57-40)49(65)41(24-33-22-35(34)25-36(62)23-33)56-47(63)45(31(2)3)60-21-17-53(51(60)67)16-11-19-58(29-53)48(64)42-28-55-42/h9,12,14-15,18,22-23,25-26,32,40-42,45,55,57,62H,2,8,10-11,13,16-17,19-21,24,27-30H2,1,3-7H3,(H,56,63)/t32-,40-,41-,42-,45-,53+/m0/s1. The lowest BCUT2D eigenvalue weighted by Gasteiger charge is -2.40. The fraction of sp³-hybridized carbons (Fsp3) is 0.509. The van der Waals surface area contributed by atoms with Crippen molar-refractivity contribution >= 4 is 40.5 Å². The summed E-state index contributed by atoms with van der Waals surface area (Å²) in [5.41, 5.74) is 9.16. The van der Waals surface area contributed by atoms with Crippen LogP contribution in [-0.2, 0) is 52.8 Å². The molecule has 4 saturated heterocycles. The fourth-order valence-electron chi connectivity index (χ4n) is 11.2. The number of nitrogens with one attached hydrogen (secondary N) is 3. The van der Waals surface area contributed by atoms with E-state index in [-0.39, 0.29) is 49.3 Å². The average Bonchev–Trinajstić information content (AvgIpc) is 4.10. The topological polar surface area (TPSA) is 198 Å². The number of hydrazine groups is 1. The number of hydrogen-bond acceptors (Lipinski definition) is 11. The Morgan fingerprint density at radius 2 is 1.86 bits per heavy atom. The van der Waals surface area contributed by atoms with Gasteiger partial charge in [0.2, 0.25) is 17.7 Å². The average molecular weight is 943 g/mol. The molecule has 16 nitrogen and oxygen atoms in total. The van der Waals surface area contributed by atoms with Crippen molar-refractivity contribution in [3.8, 4) is 28.1 Å². The predicted molar refractivity (Wildman–Crippen MR) is 260 cm³/mol. The lowest BCUT2D eigenvalue weighted by atomic mass is 9.78. The van der Waals surface area contributed by atoms with Crippen LogP contribution in [0, 0.1) is 10.8 Å². The molecule has 5 aliphatic rings. The quantitative estimate of drug-likeness (QED) is 0.0977. The van der Waals surface area contributed by atoms with Crippen molar-refractivity contribution in [2.75, 3.05) is 46.4 Å². The number of carbonyl (C=O) groups is 5.